The van der Waals surface area contributed by atoms with Crippen molar-refractivity contribution in [2.24, 2.45) is 11.1 Å². The zero-order valence-electron chi connectivity index (χ0n) is 15.6. The molecule has 4 rings (SSSR count). The van der Waals surface area contributed by atoms with E-state index in [0.717, 1.165) is 0 Å². The van der Waals surface area contributed by atoms with Gasteiger partial charge in [-0.15, -0.1) is 0 Å². The van der Waals surface area contributed by atoms with Gasteiger partial charge in [-0.1, -0.05) is 17.7 Å². The van der Waals surface area contributed by atoms with Crippen LogP contribution in [0, 0.1) is 5.41 Å². The maximum absolute atomic E-state index is 13.4. The molecule has 1 heterocycles. The van der Waals surface area contributed by atoms with Crippen LogP contribution in [0.2, 0.25) is 5.02 Å². The second-order valence-electron chi connectivity index (χ2n) is 6.97. The summed E-state index contributed by atoms with van der Waals surface area (Å²) >= 11 is 5.90. The monoisotopic (exact) mass is 437 g/mol. The first-order valence-electron chi connectivity index (χ1n) is 9.12. The van der Waals surface area contributed by atoms with E-state index in [1.165, 1.54) is 24.3 Å². The molecule has 0 aromatic heterocycles. The van der Waals surface area contributed by atoms with Crippen molar-refractivity contribution >= 4 is 27.4 Å². The van der Waals surface area contributed by atoms with Crippen LogP contribution < -0.4 is 15.2 Å². The minimum atomic E-state index is -3.89. The highest BCUT2D eigenvalue weighted by Crippen LogP contribution is 2.64. The van der Waals surface area contributed by atoms with Gasteiger partial charge in [-0.2, -0.15) is 0 Å². The summed E-state index contributed by atoms with van der Waals surface area (Å²) in [5, 5.41) is -0.636. The maximum atomic E-state index is 13.4. The molecule has 0 amide bonds. The minimum absolute atomic E-state index is 0.0808. The van der Waals surface area contributed by atoms with E-state index in [4.69, 9.17) is 31.5 Å². The van der Waals surface area contributed by atoms with Crippen LogP contribution >= 0.6 is 11.6 Å². The summed E-state index contributed by atoms with van der Waals surface area (Å²) in [5.41, 5.74) is 5.25. The number of sulfone groups is 1. The first-order chi connectivity index (χ1) is 13.9. The van der Waals surface area contributed by atoms with E-state index >= 15 is 0 Å². The third kappa shape index (κ3) is 3.06. The Bertz CT molecular complexity index is 1060. The molecular formula is C20H20ClNO6S. The summed E-state index contributed by atoms with van der Waals surface area (Å²) in [5.74, 6) is -0.206. The Kier molecular flexibility index (Phi) is 4.96. The Morgan fingerprint density at radius 1 is 1.21 bits per heavy atom. The van der Waals surface area contributed by atoms with E-state index in [2.05, 4.69) is 0 Å². The molecule has 7 nitrogen and oxygen atoms in total. The van der Waals surface area contributed by atoms with E-state index in [9.17, 15) is 13.2 Å². The molecule has 2 N–H and O–H groups in total. The zero-order valence-corrected chi connectivity index (χ0v) is 17.2. The third-order valence-electron chi connectivity index (χ3n) is 5.48. The summed E-state index contributed by atoms with van der Waals surface area (Å²) in [6.45, 7) is 1.73. The molecule has 9 heteroatoms. The molecular weight excluding hydrogens is 418 g/mol. The van der Waals surface area contributed by atoms with Crippen molar-refractivity contribution in [3.8, 4) is 11.5 Å². The summed E-state index contributed by atoms with van der Waals surface area (Å²) in [6.07, 6.45) is 0. The standard InChI is InChI=1S/C20H20ClNO6S/c1-2-26-19(23)20(10-22)17(12-3-8-15-16(9-12)28-11-27-15)18(20)29(24,25)14-6-4-13(21)5-7-14/h3-9,17-18H,2,10-11,22H2,1H3/t17-,18+,20-/m1/s1. The summed E-state index contributed by atoms with van der Waals surface area (Å²) in [4.78, 5) is 13.0. The van der Waals surface area contributed by atoms with Crippen LogP contribution in [0.3, 0.4) is 0 Å². The Hall–Kier alpha value is -2.29. The Labute approximate surface area is 173 Å². The van der Waals surface area contributed by atoms with Crippen LogP contribution in [0.1, 0.15) is 18.4 Å². The maximum Gasteiger partial charge on any atom is 0.315 e. The zero-order chi connectivity index (χ0) is 20.8. The number of hydrogen-bond donors (Lipinski definition) is 1. The van der Waals surface area contributed by atoms with Crippen molar-refractivity contribution in [2.45, 2.75) is 23.0 Å². The molecule has 29 heavy (non-hydrogen) atoms. The molecule has 1 saturated carbocycles. The molecule has 0 saturated heterocycles. The van der Waals surface area contributed by atoms with Gasteiger partial charge < -0.3 is 19.9 Å². The quantitative estimate of drug-likeness (QED) is 0.692. The lowest BCUT2D eigenvalue weighted by atomic mass is 9.99. The fraction of sp³-hybridized carbons (Fsp3) is 0.350. The smallest absolute Gasteiger partial charge is 0.315 e. The van der Waals surface area contributed by atoms with Crippen LogP contribution in [-0.2, 0) is 19.4 Å². The van der Waals surface area contributed by atoms with Gasteiger partial charge in [-0.3, -0.25) is 4.79 Å². The Balaban J connectivity index is 1.81. The number of halogens is 1. The predicted octanol–water partition coefficient (Wildman–Crippen LogP) is 2.52. The number of rotatable bonds is 6. The number of carbonyl (C=O) groups is 1. The van der Waals surface area contributed by atoms with Crippen LogP contribution in [0.5, 0.6) is 11.5 Å². The molecule has 154 valence electrons. The number of hydrogen-bond acceptors (Lipinski definition) is 7. The van der Waals surface area contributed by atoms with Crippen molar-refractivity contribution in [1.82, 2.24) is 0 Å². The molecule has 2 aromatic carbocycles. The summed E-state index contributed by atoms with van der Waals surface area (Å²) in [6, 6.07) is 11.0. The van der Waals surface area contributed by atoms with Crippen molar-refractivity contribution in [2.75, 3.05) is 19.9 Å². The molecule has 1 aliphatic heterocycles. The van der Waals surface area contributed by atoms with Crippen molar-refractivity contribution in [3.63, 3.8) is 0 Å². The van der Waals surface area contributed by atoms with E-state index in [1.54, 1.807) is 25.1 Å². The van der Waals surface area contributed by atoms with Crippen LogP contribution in [0.25, 0.3) is 0 Å². The SMILES string of the molecule is CCOC(=O)[C@]1(CN)[C@H](c2ccc3c(c2)OCO3)[C@@H]1S(=O)(=O)c1ccc(Cl)cc1. The largest absolute Gasteiger partial charge is 0.465 e. The number of ether oxygens (including phenoxy) is 3. The Morgan fingerprint density at radius 2 is 1.90 bits per heavy atom. The number of nitrogens with two attached hydrogens (primary N) is 1. The second-order valence-corrected chi connectivity index (χ2v) is 9.48. The molecule has 0 unspecified atom stereocenters. The average molecular weight is 438 g/mol. The summed E-state index contributed by atoms with van der Waals surface area (Å²) < 4.78 is 42.8. The highest BCUT2D eigenvalue weighted by Gasteiger charge is 2.75. The normalized spacial score (nSPS) is 24.9. The fourth-order valence-electron chi connectivity index (χ4n) is 4.05. The fourth-order valence-corrected chi connectivity index (χ4v) is 6.55. The van der Waals surface area contributed by atoms with Crippen LogP contribution in [0.15, 0.2) is 47.4 Å². The van der Waals surface area contributed by atoms with Gasteiger partial charge in [0.05, 0.1) is 16.8 Å². The number of esters is 1. The van der Waals surface area contributed by atoms with Gasteiger partial charge in [0.2, 0.25) is 6.79 Å². The lowest BCUT2D eigenvalue weighted by Gasteiger charge is -2.14. The predicted molar refractivity (Wildman–Crippen MR) is 106 cm³/mol. The molecule has 3 atom stereocenters. The van der Waals surface area contributed by atoms with Crippen LogP contribution in [-0.4, -0.2) is 39.6 Å². The third-order valence-corrected chi connectivity index (χ3v) is 8.02. The lowest BCUT2D eigenvalue weighted by molar-refractivity contribution is -0.149. The van der Waals surface area contributed by atoms with Gasteiger partial charge >= 0.3 is 5.97 Å². The lowest BCUT2D eigenvalue weighted by Crippen LogP contribution is -2.33. The van der Waals surface area contributed by atoms with Gasteiger partial charge in [0, 0.05) is 17.5 Å². The highest BCUT2D eigenvalue weighted by molar-refractivity contribution is 7.92. The number of benzene rings is 2. The molecule has 1 aliphatic carbocycles. The first kappa shape index (κ1) is 20.0. The second kappa shape index (κ2) is 7.19. The number of fused-ring (bicyclic) bond motifs is 1. The number of carbonyl (C=O) groups excluding carboxylic acids is 1. The molecule has 2 aliphatic rings. The van der Waals surface area contributed by atoms with Gasteiger partial charge in [-0.25, -0.2) is 8.42 Å². The van der Waals surface area contributed by atoms with E-state index in [1.807, 2.05) is 0 Å². The minimum Gasteiger partial charge on any atom is -0.465 e. The van der Waals surface area contributed by atoms with Gasteiger partial charge in [0.15, 0.2) is 21.3 Å². The van der Waals surface area contributed by atoms with Gasteiger partial charge in [-0.05, 0) is 48.9 Å². The van der Waals surface area contributed by atoms with E-state index in [0.29, 0.717) is 22.1 Å². The summed E-state index contributed by atoms with van der Waals surface area (Å²) in [7, 11) is -3.89. The molecule has 0 radical (unpaired) electrons. The molecule has 0 spiro atoms. The van der Waals surface area contributed by atoms with Gasteiger partial charge in [0.25, 0.3) is 0 Å². The van der Waals surface area contributed by atoms with Crippen molar-refractivity contribution < 1.29 is 27.4 Å². The molecule has 0 bridgehead atoms. The average Bonchev–Trinajstić information content (AvgIpc) is 3.20. The van der Waals surface area contributed by atoms with Crippen molar-refractivity contribution in [1.29, 1.82) is 0 Å². The molecule has 2 aromatic rings. The molecule has 1 fully saturated rings. The van der Waals surface area contributed by atoms with E-state index in [-0.39, 0.29) is 24.8 Å². The Morgan fingerprint density at radius 3 is 2.55 bits per heavy atom. The van der Waals surface area contributed by atoms with Crippen LogP contribution in [0.4, 0.5) is 0 Å². The van der Waals surface area contributed by atoms with Crippen molar-refractivity contribution in [3.05, 3.63) is 53.1 Å². The highest BCUT2D eigenvalue weighted by atomic mass is 35.5. The first-order valence-corrected chi connectivity index (χ1v) is 11.0. The van der Waals surface area contributed by atoms with E-state index < -0.39 is 32.4 Å². The van der Waals surface area contributed by atoms with Gasteiger partial charge in [0.1, 0.15) is 5.41 Å². The topological polar surface area (TPSA) is 105 Å².